The molecular weight excluding hydrogens is 244 g/mol. The summed E-state index contributed by atoms with van der Waals surface area (Å²) in [5.74, 6) is -0.785. The highest BCUT2D eigenvalue weighted by atomic mass is 16.4. The van der Waals surface area contributed by atoms with Gasteiger partial charge in [-0.25, -0.2) is 4.79 Å². The van der Waals surface area contributed by atoms with Gasteiger partial charge in [0, 0.05) is 31.2 Å². The molecule has 1 fully saturated rings. The van der Waals surface area contributed by atoms with Crippen LogP contribution in [0.3, 0.4) is 0 Å². The number of hydrogen-bond donors (Lipinski definition) is 2. The summed E-state index contributed by atoms with van der Waals surface area (Å²) in [6.07, 6.45) is 2.40. The Morgan fingerprint density at radius 3 is 2.95 bits per heavy atom. The summed E-state index contributed by atoms with van der Waals surface area (Å²) >= 11 is 0. The topological polar surface area (TPSA) is 69.6 Å². The van der Waals surface area contributed by atoms with Gasteiger partial charge in [-0.15, -0.1) is 0 Å². The predicted molar refractivity (Wildman–Crippen MR) is 70.5 cm³/mol. The molecule has 5 nitrogen and oxygen atoms in total. The third-order valence-electron chi connectivity index (χ3n) is 3.85. The van der Waals surface area contributed by atoms with Crippen molar-refractivity contribution in [1.29, 1.82) is 0 Å². The molecule has 2 aliphatic heterocycles. The maximum absolute atomic E-state index is 11.2. The van der Waals surface area contributed by atoms with E-state index in [1.54, 1.807) is 12.1 Å². The van der Waals surface area contributed by atoms with E-state index in [-0.39, 0.29) is 11.9 Å². The highest BCUT2D eigenvalue weighted by Gasteiger charge is 2.27. The van der Waals surface area contributed by atoms with Crippen LogP contribution in [-0.4, -0.2) is 36.1 Å². The largest absolute Gasteiger partial charge is 0.478 e. The lowest BCUT2D eigenvalue weighted by Gasteiger charge is -2.23. The van der Waals surface area contributed by atoms with Gasteiger partial charge in [0.1, 0.15) is 0 Å². The average molecular weight is 260 g/mol. The quantitative estimate of drug-likeness (QED) is 0.851. The molecule has 1 unspecified atom stereocenters. The number of benzene rings is 1. The minimum absolute atomic E-state index is 0.115. The minimum Gasteiger partial charge on any atom is -0.478 e. The molecule has 1 saturated heterocycles. The van der Waals surface area contributed by atoms with E-state index in [0.29, 0.717) is 12.0 Å². The van der Waals surface area contributed by atoms with Gasteiger partial charge in [0.25, 0.3) is 0 Å². The van der Waals surface area contributed by atoms with E-state index in [0.717, 1.165) is 31.6 Å². The van der Waals surface area contributed by atoms with Crippen molar-refractivity contribution in [2.45, 2.75) is 25.3 Å². The first-order valence-corrected chi connectivity index (χ1v) is 6.54. The van der Waals surface area contributed by atoms with E-state index in [9.17, 15) is 9.59 Å². The summed E-state index contributed by atoms with van der Waals surface area (Å²) in [5.41, 5.74) is 2.51. The molecule has 3 rings (SSSR count). The van der Waals surface area contributed by atoms with Crippen molar-refractivity contribution < 1.29 is 14.7 Å². The number of carbonyl (C=O) groups is 2. The predicted octanol–water partition coefficient (Wildman–Crippen LogP) is 1.03. The molecule has 5 heteroatoms. The molecule has 100 valence electrons. The van der Waals surface area contributed by atoms with Gasteiger partial charge >= 0.3 is 5.97 Å². The Balaban J connectivity index is 1.78. The molecule has 0 aromatic heterocycles. The summed E-state index contributed by atoms with van der Waals surface area (Å²) < 4.78 is 0. The maximum atomic E-state index is 11.2. The first-order chi connectivity index (χ1) is 9.13. The number of nitrogens with zero attached hydrogens (tertiary/aromatic N) is 1. The first-order valence-electron chi connectivity index (χ1n) is 6.54. The van der Waals surface area contributed by atoms with E-state index in [4.69, 9.17) is 5.11 Å². The SMILES string of the molecule is O=C1CCC(CN2CCc3ccc(C(=O)O)cc32)N1. The molecule has 1 aromatic rings. The summed E-state index contributed by atoms with van der Waals surface area (Å²) in [4.78, 5) is 24.4. The van der Waals surface area contributed by atoms with Crippen molar-refractivity contribution in [3.05, 3.63) is 29.3 Å². The zero-order valence-corrected chi connectivity index (χ0v) is 10.6. The standard InChI is InChI=1S/C14H16N2O3/c17-13-4-3-11(15-13)8-16-6-5-9-1-2-10(14(18)19)7-12(9)16/h1-2,7,11H,3-6,8H2,(H,15,17)(H,18,19). The van der Waals surface area contributed by atoms with Crippen LogP contribution in [0.25, 0.3) is 0 Å². The molecule has 1 atom stereocenters. The third-order valence-corrected chi connectivity index (χ3v) is 3.85. The number of anilines is 1. The lowest BCUT2D eigenvalue weighted by atomic mass is 10.1. The van der Waals surface area contributed by atoms with Crippen LogP contribution >= 0.6 is 0 Å². The number of hydrogen-bond acceptors (Lipinski definition) is 3. The molecule has 0 radical (unpaired) electrons. The maximum Gasteiger partial charge on any atom is 0.335 e. The molecule has 0 bridgehead atoms. The van der Waals surface area contributed by atoms with Crippen LogP contribution in [0.1, 0.15) is 28.8 Å². The van der Waals surface area contributed by atoms with Gasteiger partial charge in [-0.1, -0.05) is 6.07 Å². The van der Waals surface area contributed by atoms with E-state index in [1.165, 1.54) is 5.56 Å². The summed E-state index contributed by atoms with van der Waals surface area (Å²) in [5, 5.41) is 12.0. The Hall–Kier alpha value is -2.04. The number of aromatic carboxylic acids is 1. The Labute approximate surface area is 111 Å². The van der Waals surface area contributed by atoms with Gasteiger partial charge in [-0.05, 0) is 30.5 Å². The molecule has 0 spiro atoms. The summed E-state index contributed by atoms with van der Waals surface area (Å²) in [7, 11) is 0. The Kier molecular flexibility index (Phi) is 2.89. The molecule has 2 heterocycles. The Morgan fingerprint density at radius 1 is 1.42 bits per heavy atom. The third kappa shape index (κ3) is 2.28. The number of carboxylic acid groups (broad SMARTS) is 1. The normalized spacial score (nSPS) is 21.4. The molecule has 0 aliphatic carbocycles. The van der Waals surface area contributed by atoms with E-state index in [2.05, 4.69) is 10.2 Å². The minimum atomic E-state index is -0.899. The molecular formula is C14H16N2O3. The van der Waals surface area contributed by atoms with Crippen molar-refractivity contribution in [2.75, 3.05) is 18.0 Å². The van der Waals surface area contributed by atoms with Crippen molar-refractivity contribution in [3.8, 4) is 0 Å². The number of fused-ring (bicyclic) bond motifs is 1. The van der Waals surface area contributed by atoms with Gasteiger partial charge < -0.3 is 15.3 Å². The molecule has 1 aromatic carbocycles. The van der Waals surface area contributed by atoms with Crippen molar-refractivity contribution in [2.24, 2.45) is 0 Å². The van der Waals surface area contributed by atoms with Crippen molar-refractivity contribution in [1.82, 2.24) is 5.32 Å². The smallest absolute Gasteiger partial charge is 0.335 e. The Morgan fingerprint density at radius 2 is 2.26 bits per heavy atom. The highest BCUT2D eigenvalue weighted by Crippen LogP contribution is 2.29. The number of amides is 1. The fourth-order valence-corrected chi connectivity index (χ4v) is 2.85. The molecule has 1 amide bonds. The Bertz CT molecular complexity index is 541. The van der Waals surface area contributed by atoms with Crippen LogP contribution in [0.4, 0.5) is 5.69 Å². The van der Waals surface area contributed by atoms with Crippen molar-refractivity contribution >= 4 is 17.6 Å². The fraction of sp³-hybridized carbons (Fsp3) is 0.429. The van der Waals surface area contributed by atoms with Gasteiger partial charge in [-0.3, -0.25) is 4.79 Å². The zero-order chi connectivity index (χ0) is 13.4. The second kappa shape index (κ2) is 4.57. The highest BCUT2D eigenvalue weighted by molar-refractivity contribution is 5.89. The second-order valence-electron chi connectivity index (χ2n) is 5.15. The van der Waals surface area contributed by atoms with E-state index >= 15 is 0 Å². The second-order valence-corrected chi connectivity index (χ2v) is 5.15. The van der Waals surface area contributed by atoms with Crippen LogP contribution in [0.15, 0.2) is 18.2 Å². The summed E-state index contributed by atoms with van der Waals surface area (Å²) in [6, 6.07) is 5.47. The van der Waals surface area contributed by atoms with Crippen molar-refractivity contribution in [3.63, 3.8) is 0 Å². The lowest BCUT2D eigenvalue weighted by Crippen LogP contribution is -2.38. The van der Waals surface area contributed by atoms with Gasteiger partial charge in [-0.2, -0.15) is 0 Å². The first kappa shape index (κ1) is 12.0. The van der Waals surface area contributed by atoms with Crippen LogP contribution in [0, 0.1) is 0 Å². The van der Waals surface area contributed by atoms with Crippen LogP contribution < -0.4 is 10.2 Å². The monoisotopic (exact) mass is 260 g/mol. The molecule has 2 N–H and O–H groups in total. The van der Waals surface area contributed by atoms with E-state index < -0.39 is 5.97 Å². The van der Waals surface area contributed by atoms with Crippen LogP contribution in [0.2, 0.25) is 0 Å². The number of carbonyl (C=O) groups excluding carboxylic acids is 1. The molecule has 0 saturated carbocycles. The number of rotatable bonds is 3. The average Bonchev–Trinajstić information content (AvgIpc) is 2.96. The zero-order valence-electron chi connectivity index (χ0n) is 10.6. The lowest BCUT2D eigenvalue weighted by molar-refractivity contribution is -0.119. The van der Waals surface area contributed by atoms with Gasteiger partial charge in [0.15, 0.2) is 0 Å². The van der Waals surface area contributed by atoms with Gasteiger partial charge in [0.05, 0.1) is 5.56 Å². The van der Waals surface area contributed by atoms with Crippen LogP contribution in [-0.2, 0) is 11.2 Å². The fourth-order valence-electron chi connectivity index (χ4n) is 2.85. The number of nitrogens with one attached hydrogen (secondary N) is 1. The van der Waals surface area contributed by atoms with Crippen LogP contribution in [0.5, 0.6) is 0 Å². The molecule has 19 heavy (non-hydrogen) atoms. The van der Waals surface area contributed by atoms with E-state index in [1.807, 2.05) is 6.07 Å². The van der Waals surface area contributed by atoms with Gasteiger partial charge in [0.2, 0.25) is 5.91 Å². The molecule has 2 aliphatic rings. The summed E-state index contributed by atoms with van der Waals surface area (Å²) in [6.45, 7) is 1.66. The number of carboxylic acids is 1.